The van der Waals surface area contributed by atoms with Gasteiger partial charge in [-0.05, 0) is 55.0 Å². The molecule has 4 rings (SSSR count). The molecule has 0 radical (unpaired) electrons. The Bertz CT molecular complexity index is 964. The largest absolute Gasteiger partial charge is 0.247 e. The average molecular weight is 354 g/mol. The summed E-state index contributed by atoms with van der Waals surface area (Å²) in [5, 5.41) is 0.679. The third-order valence-corrected chi connectivity index (χ3v) is 5.26. The molecule has 0 saturated heterocycles. The minimum atomic E-state index is -0.243. The molecule has 0 bridgehead atoms. The topological polar surface area (TPSA) is 12.4 Å². The van der Waals surface area contributed by atoms with Crippen molar-refractivity contribution < 1.29 is 4.39 Å². The van der Waals surface area contributed by atoms with Gasteiger partial charge < -0.3 is 0 Å². The predicted molar refractivity (Wildman–Crippen MR) is 98.5 cm³/mol. The van der Waals surface area contributed by atoms with Crippen molar-refractivity contribution in [3.63, 3.8) is 0 Å². The van der Waals surface area contributed by atoms with Gasteiger partial charge in [-0.2, -0.15) is 0 Å². The van der Waals surface area contributed by atoms with Crippen LogP contribution in [-0.4, -0.2) is 5.71 Å². The lowest BCUT2D eigenvalue weighted by Crippen LogP contribution is -2.04. The van der Waals surface area contributed by atoms with Crippen LogP contribution in [0.15, 0.2) is 75.4 Å². The van der Waals surface area contributed by atoms with Crippen molar-refractivity contribution in [2.75, 3.05) is 0 Å². The maximum Gasteiger partial charge on any atom is 0.124 e. The minimum Gasteiger partial charge on any atom is -0.247 e. The van der Waals surface area contributed by atoms with Gasteiger partial charge in [0, 0.05) is 25.9 Å². The summed E-state index contributed by atoms with van der Waals surface area (Å²) in [4.78, 5) is 6.79. The van der Waals surface area contributed by atoms with Crippen molar-refractivity contribution >= 4 is 34.8 Å². The number of aryl methyl sites for hydroxylation is 1. The number of hydrogen-bond donors (Lipinski definition) is 0. The molecule has 1 nitrogen and oxygen atoms in total. The normalized spacial score (nSPS) is 12.9. The predicted octanol–water partition coefficient (Wildman–Crippen LogP) is 6.42. The second-order valence-electron chi connectivity index (χ2n) is 5.68. The van der Waals surface area contributed by atoms with Crippen molar-refractivity contribution in [1.82, 2.24) is 0 Å². The number of hydrogen-bond acceptors (Lipinski definition) is 2. The van der Waals surface area contributed by atoms with Crippen LogP contribution in [0.25, 0.3) is 0 Å². The Labute approximate surface area is 149 Å². The first-order valence-electron chi connectivity index (χ1n) is 7.53. The molecule has 0 spiro atoms. The fraction of sp³-hybridized carbons (Fsp3) is 0.0500. The molecule has 3 aromatic carbocycles. The van der Waals surface area contributed by atoms with E-state index in [4.69, 9.17) is 16.6 Å². The lowest BCUT2D eigenvalue weighted by Gasteiger charge is -2.09. The Balaban J connectivity index is 1.99. The van der Waals surface area contributed by atoms with E-state index in [1.165, 1.54) is 6.07 Å². The highest BCUT2D eigenvalue weighted by Crippen LogP contribution is 2.41. The quantitative estimate of drug-likeness (QED) is 0.384. The smallest absolute Gasteiger partial charge is 0.124 e. The third-order valence-electron chi connectivity index (χ3n) is 3.88. The van der Waals surface area contributed by atoms with E-state index in [1.807, 2.05) is 43.3 Å². The summed E-state index contributed by atoms with van der Waals surface area (Å²) in [5.41, 5.74) is 4.77. The SMILES string of the molecule is Cc1ccc2c(c1)N=C(c1ccc(Cl)cc1)c1ccc(F)cc1S2. The number of fused-ring (bicyclic) bond motifs is 2. The van der Waals surface area contributed by atoms with Crippen LogP contribution in [0.4, 0.5) is 10.1 Å². The first kappa shape index (κ1) is 15.4. The summed E-state index contributed by atoms with van der Waals surface area (Å²) in [6.07, 6.45) is 0. The first-order valence-corrected chi connectivity index (χ1v) is 8.73. The first-order chi connectivity index (χ1) is 11.6. The van der Waals surface area contributed by atoms with E-state index in [1.54, 1.807) is 23.9 Å². The van der Waals surface area contributed by atoms with Gasteiger partial charge in [0.1, 0.15) is 5.82 Å². The van der Waals surface area contributed by atoms with E-state index in [9.17, 15) is 4.39 Å². The number of halogens is 2. The van der Waals surface area contributed by atoms with Gasteiger partial charge >= 0.3 is 0 Å². The lowest BCUT2D eigenvalue weighted by molar-refractivity contribution is 0.624. The van der Waals surface area contributed by atoms with E-state index >= 15 is 0 Å². The number of aliphatic imine (C=N–C) groups is 1. The fourth-order valence-electron chi connectivity index (χ4n) is 2.70. The van der Waals surface area contributed by atoms with E-state index in [0.717, 1.165) is 37.9 Å². The van der Waals surface area contributed by atoms with Crippen LogP contribution in [0.1, 0.15) is 16.7 Å². The van der Waals surface area contributed by atoms with E-state index < -0.39 is 0 Å². The molecule has 118 valence electrons. The van der Waals surface area contributed by atoms with Crippen molar-refractivity contribution in [1.29, 1.82) is 0 Å². The molecule has 0 aromatic heterocycles. The molecule has 0 atom stereocenters. The molecule has 4 heteroatoms. The van der Waals surface area contributed by atoms with Crippen LogP contribution in [0.2, 0.25) is 5.02 Å². The fourth-order valence-corrected chi connectivity index (χ4v) is 3.86. The summed E-state index contributed by atoms with van der Waals surface area (Å²) in [7, 11) is 0. The third kappa shape index (κ3) is 2.85. The molecule has 1 aliphatic heterocycles. The van der Waals surface area contributed by atoms with E-state index in [2.05, 4.69) is 6.07 Å². The van der Waals surface area contributed by atoms with Crippen LogP contribution in [0, 0.1) is 12.7 Å². The van der Waals surface area contributed by atoms with Crippen LogP contribution in [0.5, 0.6) is 0 Å². The van der Waals surface area contributed by atoms with Crippen LogP contribution in [-0.2, 0) is 0 Å². The van der Waals surface area contributed by atoms with E-state index in [0.29, 0.717) is 5.02 Å². The van der Waals surface area contributed by atoms with Gasteiger partial charge in [-0.1, -0.05) is 41.6 Å². The highest BCUT2D eigenvalue weighted by atomic mass is 35.5. The highest BCUT2D eigenvalue weighted by Gasteiger charge is 2.19. The molecule has 0 unspecified atom stereocenters. The lowest BCUT2D eigenvalue weighted by atomic mass is 10.0. The summed E-state index contributed by atoms with van der Waals surface area (Å²) in [6.45, 7) is 2.04. The monoisotopic (exact) mass is 353 g/mol. The van der Waals surface area contributed by atoms with Gasteiger partial charge in [0.25, 0.3) is 0 Å². The molecular formula is C20H13ClFNS. The Kier molecular flexibility index (Phi) is 3.91. The molecule has 0 fully saturated rings. The minimum absolute atomic E-state index is 0.243. The molecule has 1 aliphatic rings. The Morgan fingerprint density at radius 2 is 1.71 bits per heavy atom. The highest BCUT2D eigenvalue weighted by molar-refractivity contribution is 7.99. The Morgan fingerprint density at radius 3 is 2.50 bits per heavy atom. The van der Waals surface area contributed by atoms with Crippen LogP contribution < -0.4 is 0 Å². The molecular weight excluding hydrogens is 341 g/mol. The number of rotatable bonds is 1. The molecule has 1 heterocycles. The molecule has 0 N–H and O–H groups in total. The van der Waals surface area contributed by atoms with Gasteiger partial charge in [-0.25, -0.2) is 9.38 Å². The summed E-state index contributed by atoms with van der Waals surface area (Å²) < 4.78 is 13.8. The molecule has 24 heavy (non-hydrogen) atoms. The van der Waals surface area contributed by atoms with Crippen molar-refractivity contribution in [2.24, 2.45) is 4.99 Å². The average Bonchev–Trinajstić information content (AvgIpc) is 2.71. The second kappa shape index (κ2) is 6.08. The molecule has 0 saturated carbocycles. The van der Waals surface area contributed by atoms with Crippen molar-refractivity contribution in [3.8, 4) is 0 Å². The zero-order valence-corrected chi connectivity index (χ0v) is 14.5. The summed E-state index contributed by atoms with van der Waals surface area (Å²) >= 11 is 7.56. The van der Waals surface area contributed by atoms with Crippen LogP contribution in [0.3, 0.4) is 0 Å². The number of nitrogens with zero attached hydrogens (tertiary/aromatic N) is 1. The second-order valence-corrected chi connectivity index (χ2v) is 7.20. The van der Waals surface area contributed by atoms with Gasteiger partial charge in [0.05, 0.1) is 11.4 Å². The zero-order valence-electron chi connectivity index (χ0n) is 12.9. The standard InChI is InChI=1S/C20H13ClFNS/c1-12-2-9-18-17(10-12)23-20(13-3-5-14(21)6-4-13)16-8-7-15(22)11-19(16)24-18/h2-11H,1H3. The molecule has 3 aromatic rings. The van der Waals surface area contributed by atoms with Gasteiger partial charge in [-0.15, -0.1) is 0 Å². The maximum absolute atomic E-state index is 13.8. The molecule has 0 aliphatic carbocycles. The Morgan fingerprint density at radius 1 is 0.917 bits per heavy atom. The van der Waals surface area contributed by atoms with Gasteiger partial charge in [-0.3, -0.25) is 0 Å². The summed E-state index contributed by atoms with van der Waals surface area (Å²) in [5.74, 6) is -0.243. The van der Waals surface area contributed by atoms with E-state index in [-0.39, 0.29) is 5.82 Å². The Hall–Kier alpha value is -2.10. The van der Waals surface area contributed by atoms with Gasteiger partial charge in [0.15, 0.2) is 0 Å². The van der Waals surface area contributed by atoms with Crippen molar-refractivity contribution in [3.05, 3.63) is 88.2 Å². The number of benzene rings is 3. The maximum atomic E-state index is 13.8. The zero-order chi connectivity index (χ0) is 16.7. The van der Waals surface area contributed by atoms with Crippen LogP contribution >= 0.6 is 23.4 Å². The van der Waals surface area contributed by atoms with Gasteiger partial charge in [0.2, 0.25) is 0 Å². The summed E-state index contributed by atoms with van der Waals surface area (Å²) in [6, 6.07) is 18.6. The van der Waals surface area contributed by atoms with Crippen molar-refractivity contribution in [2.45, 2.75) is 16.7 Å². The molecule has 0 amide bonds.